The van der Waals surface area contributed by atoms with E-state index in [-0.39, 0.29) is 5.41 Å². The molecule has 0 aliphatic carbocycles. The van der Waals surface area contributed by atoms with E-state index in [9.17, 15) is 0 Å². The molecule has 0 radical (unpaired) electrons. The Kier molecular flexibility index (Phi) is 7.20. The monoisotopic (exact) mass is 362 g/mol. The molecule has 1 fully saturated rings. The van der Waals surface area contributed by atoms with Gasteiger partial charge in [-0.05, 0) is 48.6 Å². The quantitative estimate of drug-likeness (QED) is 0.469. The molecule has 0 aromatic heterocycles. The van der Waals surface area contributed by atoms with E-state index in [1.54, 1.807) is 11.8 Å². The van der Waals surface area contributed by atoms with Crippen LogP contribution in [-0.4, -0.2) is 43.3 Å². The van der Waals surface area contributed by atoms with E-state index in [1.165, 1.54) is 11.3 Å². The summed E-state index contributed by atoms with van der Waals surface area (Å²) in [5.74, 6) is 2.37. The van der Waals surface area contributed by atoms with Crippen LogP contribution in [0.3, 0.4) is 0 Å². The number of hydrogen-bond donors (Lipinski definition) is 2. The number of para-hydroxylation sites is 1. The summed E-state index contributed by atoms with van der Waals surface area (Å²) in [5.41, 5.74) is 7.05. The van der Waals surface area contributed by atoms with Gasteiger partial charge in [-0.25, -0.2) is 0 Å². The minimum absolute atomic E-state index is 0.0129. The normalized spacial score (nSPS) is 22.2. The van der Waals surface area contributed by atoms with Crippen molar-refractivity contribution in [2.75, 3.05) is 37.8 Å². The van der Waals surface area contributed by atoms with E-state index in [1.807, 2.05) is 0 Å². The maximum Gasteiger partial charge on any atom is 0.198 e. The number of piperidine rings is 1. The molecule has 0 bridgehead atoms. The summed E-state index contributed by atoms with van der Waals surface area (Å²) in [6.45, 7) is 12.5. The van der Waals surface area contributed by atoms with E-state index in [2.05, 4.69) is 68.4 Å². The van der Waals surface area contributed by atoms with Crippen LogP contribution in [0.25, 0.3) is 0 Å². The summed E-state index contributed by atoms with van der Waals surface area (Å²) in [7, 11) is 0. The van der Waals surface area contributed by atoms with Crippen LogP contribution in [0.5, 0.6) is 0 Å². The van der Waals surface area contributed by atoms with Crippen molar-refractivity contribution in [1.29, 1.82) is 0 Å². The van der Waals surface area contributed by atoms with Crippen LogP contribution in [-0.2, 0) is 0 Å². The summed E-state index contributed by atoms with van der Waals surface area (Å²) in [6, 6.07) is 8.43. The Morgan fingerprint density at radius 2 is 1.92 bits per heavy atom. The molecule has 25 heavy (non-hydrogen) atoms. The van der Waals surface area contributed by atoms with E-state index < -0.39 is 0 Å². The van der Waals surface area contributed by atoms with Gasteiger partial charge in [0.25, 0.3) is 0 Å². The van der Waals surface area contributed by atoms with Crippen molar-refractivity contribution in [1.82, 2.24) is 4.90 Å². The topological polar surface area (TPSA) is 53.6 Å². The van der Waals surface area contributed by atoms with Crippen molar-refractivity contribution in [2.45, 2.75) is 39.0 Å². The van der Waals surface area contributed by atoms with Crippen molar-refractivity contribution in [3.63, 3.8) is 0 Å². The van der Waals surface area contributed by atoms with Gasteiger partial charge in [0, 0.05) is 24.5 Å². The van der Waals surface area contributed by atoms with E-state index in [4.69, 9.17) is 10.7 Å². The molecule has 2 unspecified atom stereocenters. The molecule has 0 amide bonds. The van der Waals surface area contributed by atoms with E-state index >= 15 is 0 Å². The van der Waals surface area contributed by atoms with Gasteiger partial charge in [-0.3, -0.25) is 4.99 Å². The van der Waals surface area contributed by atoms with Crippen LogP contribution >= 0.6 is 11.8 Å². The Balaban J connectivity index is 2.26. The number of guanidine groups is 1. The van der Waals surface area contributed by atoms with Crippen molar-refractivity contribution in [3.8, 4) is 0 Å². The molecule has 4 nitrogen and oxygen atoms in total. The van der Waals surface area contributed by atoms with Crippen LogP contribution in [0.1, 0.15) is 34.1 Å². The number of benzene rings is 1. The van der Waals surface area contributed by atoms with Gasteiger partial charge in [-0.2, -0.15) is 0 Å². The third kappa shape index (κ3) is 5.93. The average Bonchev–Trinajstić information content (AvgIpc) is 2.58. The summed E-state index contributed by atoms with van der Waals surface area (Å²) in [5, 5.41) is 3.62. The lowest BCUT2D eigenvalue weighted by atomic mass is 9.92. The van der Waals surface area contributed by atoms with E-state index in [0.29, 0.717) is 18.4 Å². The van der Waals surface area contributed by atoms with Crippen molar-refractivity contribution < 1.29 is 0 Å². The number of anilines is 1. The predicted octanol–water partition coefficient (Wildman–Crippen LogP) is 4.14. The Morgan fingerprint density at radius 3 is 2.52 bits per heavy atom. The molecule has 0 spiro atoms. The lowest BCUT2D eigenvalue weighted by molar-refractivity contribution is 0.212. The summed E-state index contributed by atoms with van der Waals surface area (Å²) in [6.07, 6.45) is 3.40. The number of nitrogens with one attached hydrogen (secondary N) is 1. The highest BCUT2D eigenvalue weighted by Crippen LogP contribution is 2.27. The predicted molar refractivity (Wildman–Crippen MR) is 112 cm³/mol. The number of thioether (sulfide) groups is 1. The summed E-state index contributed by atoms with van der Waals surface area (Å²) >= 11 is 1.76. The Hall–Kier alpha value is -1.20. The number of likely N-dealkylation sites (tertiary alicyclic amines) is 1. The Bertz CT molecular complexity index is 575. The standard InChI is InChI=1S/C20H34N4S/c1-15-10-16(2)12-24(11-15)19(22-14-20(3,4)13-21)23-17-8-6-7-9-18(17)25-5/h6-9,15-16H,10-14,21H2,1-5H3,(H,22,23). The highest BCUT2D eigenvalue weighted by molar-refractivity contribution is 7.98. The summed E-state index contributed by atoms with van der Waals surface area (Å²) in [4.78, 5) is 8.63. The third-order valence-electron chi connectivity index (χ3n) is 4.73. The fourth-order valence-electron chi connectivity index (χ4n) is 3.28. The first-order valence-corrected chi connectivity index (χ1v) is 10.5. The molecule has 1 saturated heterocycles. The second-order valence-electron chi connectivity index (χ2n) is 8.18. The second kappa shape index (κ2) is 8.95. The first kappa shape index (κ1) is 20.1. The van der Waals surface area contributed by atoms with Crippen molar-refractivity contribution in [2.24, 2.45) is 28.0 Å². The second-order valence-corrected chi connectivity index (χ2v) is 9.03. The largest absolute Gasteiger partial charge is 0.342 e. The minimum Gasteiger partial charge on any atom is -0.342 e. The molecule has 5 heteroatoms. The molecule has 140 valence electrons. The van der Waals surface area contributed by atoms with Gasteiger partial charge in [-0.1, -0.05) is 39.8 Å². The van der Waals surface area contributed by atoms with Gasteiger partial charge < -0.3 is 16.0 Å². The molecule has 1 aromatic carbocycles. The number of hydrogen-bond acceptors (Lipinski definition) is 3. The van der Waals surface area contributed by atoms with Crippen LogP contribution in [0.15, 0.2) is 34.2 Å². The molecule has 2 atom stereocenters. The molecular weight excluding hydrogens is 328 g/mol. The molecule has 1 heterocycles. The zero-order valence-corrected chi connectivity index (χ0v) is 17.2. The number of nitrogens with two attached hydrogens (primary N) is 1. The van der Waals surface area contributed by atoms with Gasteiger partial charge in [-0.15, -0.1) is 11.8 Å². The highest BCUT2D eigenvalue weighted by atomic mass is 32.2. The fourth-order valence-corrected chi connectivity index (χ4v) is 3.83. The average molecular weight is 363 g/mol. The number of aliphatic imine (C=N–C) groups is 1. The lowest BCUT2D eigenvalue weighted by Gasteiger charge is -2.37. The molecule has 1 aliphatic heterocycles. The van der Waals surface area contributed by atoms with Gasteiger partial charge in [0.15, 0.2) is 5.96 Å². The molecule has 0 saturated carbocycles. The van der Waals surface area contributed by atoms with Gasteiger partial charge >= 0.3 is 0 Å². The van der Waals surface area contributed by atoms with Crippen LogP contribution in [0.4, 0.5) is 5.69 Å². The highest BCUT2D eigenvalue weighted by Gasteiger charge is 2.25. The maximum atomic E-state index is 5.91. The van der Waals surface area contributed by atoms with Crippen LogP contribution in [0, 0.1) is 17.3 Å². The number of rotatable bonds is 5. The smallest absolute Gasteiger partial charge is 0.198 e. The van der Waals surface area contributed by atoms with Gasteiger partial charge in [0.1, 0.15) is 0 Å². The zero-order valence-electron chi connectivity index (χ0n) is 16.4. The molecule has 1 aliphatic rings. The van der Waals surface area contributed by atoms with Gasteiger partial charge in [0.2, 0.25) is 0 Å². The molecule has 2 rings (SSSR count). The maximum absolute atomic E-state index is 5.91. The Labute approximate surface area is 157 Å². The fraction of sp³-hybridized carbons (Fsp3) is 0.650. The van der Waals surface area contributed by atoms with E-state index in [0.717, 1.165) is 31.3 Å². The Morgan fingerprint density at radius 1 is 1.28 bits per heavy atom. The lowest BCUT2D eigenvalue weighted by Crippen LogP contribution is -2.46. The van der Waals surface area contributed by atoms with Gasteiger partial charge in [0.05, 0.1) is 5.69 Å². The zero-order chi connectivity index (χ0) is 18.4. The first-order chi connectivity index (χ1) is 11.8. The third-order valence-corrected chi connectivity index (χ3v) is 5.53. The summed E-state index contributed by atoms with van der Waals surface area (Å²) < 4.78 is 0. The van der Waals surface area contributed by atoms with Crippen LogP contribution in [0.2, 0.25) is 0 Å². The van der Waals surface area contributed by atoms with Crippen molar-refractivity contribution >= 4 is 23.4 Å². The van der Waals surface area contributed by atoms with Crippen molar-refractivity contribution in [3.05, 3.63) is 24.3 Å². The number of nitrogens with zero attached hydrogens (tertiary/aromatic N) is 2. The SMILES string of the molecule is CSc1ccccc1NC(=NCC(C)(C)CN)N1CC(C)CC(C)C1. The molecule has 3 N–H and O–H groups in total. The van der Waals surface area contributed by atoms with Crippen LogP contribution < -0.4 is 11.1 Å². The molecular formula is C20H34N4S. The minimum atomic E-state index is 0.0129. The molecule has 1 aromatic rings. The first-order valence-electron chi connectivity index (χ1n) is 9.24.